The van der Waals surface area contributed by atoms with Gasteiger partial charge in [-0.05, 0) is 18.9 Å². The van der Waals surface area contributed by atoms with Gasteiger partial charge in [-0.25, -0.2) is 4.98 Å². The van der Waals surface area contributed by atoms with Gasteiger partial charge in [0.05, 0.1) is 11.5 Å². The van der Waals surface area contributed by atoms with Crippen LogP contribution in [0.5, 0.6) is 0 Å². The molecule has 0 aliphatic rings. The van der Waals surface area contributed by atoms with Gasteiger partial charge in [0.25, 0.3) is 0 Å². The molecule has 106 valence electrons. The standard InChI is InChI=1S/C12H20N4O3/c1-3-12(4-2,8-17)7-14-11-9(16(18)19)5-6-10(13)15-11/h5-6,17H,3-4,7-8H2,1-2H3,(H3,13,14,15). The first-order valence-electron chi connectivity index (χ1n) is 6.23. The number of aliphatic hydroxyl groups is 1. The molecule has 0 fully saturated rings. The Morgan fingerprint density at radius 1 is 1.47 bits per heavy atom. The smallest absolute Gasteiger partial charge is 0.311 e. The fraction of sp³-hybridized carbons (Fsp3) is 0.583. The number of hydrogen-bond acceptors (Lipinski definition) is 6. The van der Waals surface area contributed by atoms with Gasteiger partial charge in [0.15, 0.2) is 0 Å². The molecular weight excluding hydrogens is 248 g/mol. The molecular formula is C12H20N4O3. The molecule has 0 aliphatic carbocycles. The zero-order chi connectivity index (χ0) is 14.5. The minimum atomic E-state index is -0.507. The number of rotatable bonds is 7. The molecule has 0 saturated heterocycles. The summed E-state index contributed by atoms with van der Waals surface area (Å²) in [6.07, 6.45) is 1.53. The molecule has 0 unspecified atom stereocenters. The zero-order valence-corrected chi connectivity index (χ0v) is 11.2. The lowest BCUT2D eigenvalue weighted by molar-refractivity contribution is -0.384. The molecule has 0 radical (unpaired) electrons. The topological polar surface area (TPSA) is 114 Å². The lowest BCUT2D eigenvalue weighted by Crippen LogP contribution is -2.32. The number of anilines is 2. The van der Waals surface area contributed by atoms with Gasteiger partial charge in [-0.2, -0.15) is 0 Å². The normalized spacial score (nSPS) is 11.3. The van der Waals surface area contributed by atoms with E-state index in [1.165, 1.54) is 12.1 Å². The van der Waals surface area contributed by atoms with Gasteiger partial charge in [0.2, 0.25) is 5.82 Å². The molecule has 0 aliphatic heterocycles. The first kappa shape index (κ1) is 15.2. The summed E-state index contributed by atoms with van der Waals surface area (Å²) >= 11 is 0. The van der Waals surface area contributed by atoms with Gasteiger partial charge in [-0.1, -0.05) is 13.8 Å². The predicted molar refractivity (Wildman–Crippen MR) is 73.9 cm³/mol. The van der Waals surface area contributed by atoms with E-state index in [4.69, 9.17) is 5.73 Å². The fourth-order valence-corrected chi connectivity index (χ4v) is 1.80. The van der Waals surface area contributed by atoms with Crippen LogP contribution in [0.3, 0.4) is 0 Å². The maximum Gasteiger partial charge on any atom is 0.311 e. The maximum atomic E-state index is 10.9. The van der Waals surface area contributed by atoms with Crippen molar-refractivity contribution in [3.05, 3.63) is 22.2 Å². The second-order valence-electron chi connectivity index (χ2n) is 4.58. The molecule has 1 heterocycles. The van der Waals surface area contributed by atoms with Crippen molar-refractivity contribution in [2.75, 3.05) is 24.2 Å². The summed E-state index contributed by atoms with van der Waals surface area (Å²) in [5.74, 6) is 0.362. The molecule has 7 nitrogen and oxygen atoms in total. The molecule has 7 heteroatoms. The van der Waals surface area contributed by atoms with Crippen LogP contribution < -0.4 is 11.1 Å². The number of pyridine rings is 1. The lowest BCUT2D eigenvalue weighted by atomic mass is 9.83. The van der Waals surface area contributed by atoms with Crippen molar-refractivity contribution in [3.63, 3.8) is 0 Å². The van der Waals surface area contributed by atoms with E-state index in [0.717, 1.165) is 12.8 Å². The number of nitrogens with two attached hydrogens (primary N) is 1. The third-order valence-corrected chi connectivity index (χ3v) is 3.56. The molecule has 0 bridgehead atoms. The van der Waals surface area contributed by atoms with Crippen LogP contribution in [-0.2, 0) is 0 Å². The molecule has 1 rings (SSSR count). The third-order valence-electron chi connectivity index (χ3n) is 3.56. The molecule has 19 heavy (non-hydrogen) atoms. The monoisotopic (exact) mass is 268 g/mol. The summed E-state index contributed by atoms with van der Waals surface area (Å²) < 4.78 is 0. The van der Waals surface area contributed by atoms with Gasteiger partial charge < -0.3 is 16.2 Å². The number of nitro groups is 1. The molecule has 0 saturated carbocycles. The van der Waals surface area contributed by atoms with Crippen LogP contribution in [0.2, 0.25) is 0 Å². The van der Waals surface area contributed by atoms with Crippen LogP contribution in [0.4, 0.5) is 17.3 Å². The van der Waals surface area contributed by atoms with Crippen molar-refractivity contribution in [1.82, 2.24) is 4.98 Å². The third kappa shape index (κ3) is 3.54. The average Bonchev–Trinajstić information content (AvgIpc) is 2.40. The van der Waals surface area contributed by atoms with Gasteiger partial charge in [-0.3, -0.25) is 10.1 Å². The van der Waals surface area contributed by atoms with E-state index in [1.807, 2.05) is 13.8 Å². The van der Waals surface area contributed by atoms with Crippen molar-refractivity contribution in [2.24, 2.45) is 5.41 Å². The predicted octanol–water partition coefficient (Wildman–Crippen LogP) is 1.78. The highest BCUT2D eigenvalue weighted by Crippen LogP contribution is 2.28. The summed E-state index contributed by atoms with van der Waals surface area (Å²) in [4.78, 5) is 14.3. The zero-order valence-electron chi connectivity index (χ0n) is 11.2. The molecule has 0 amide bonds. The van der Waals surface area contributed by atoms with E-state index in [0.29, 0.717) is 6.54 Å². The van der Waals surface area contributed by atoms with Gasteiger partial charge in [-0.15, -0.1) is 0 Å². The number of nitrogens with one attached hydrogen (secondary N) is 1. The molecule has 4 N–H and O–H groups in total. The SMILES string of the molecule is CCC(CC)(CO)CNc1nc(N)ccc1[N+](=O)[O-]. The highest BCUT2D eigenvalue weighted by atomic mass is 16.6. The van der Waals surface area contributed by atoms with Crippen LogP contribution in [0.1, 0.15) is 26.7 Å². The fourth-order valence-electron chi connectivity index (χ4n) is 1.80. The van der Waals surface area contributed by atoms with Gasteiger partial charge >= 0.3 is 5.69 Å². The molecule has 0 atom stereocenters. The molecule has 1 aromatic rings. The van der Waals surface area contributed by atoms with E-state index in [1.54, 1.807) is 0 Å². The Labute approximate surface area is 112 Å². The van der Waals surface area contributed by atoms with Crippen LogP contribution in [0, 0.1) is 15.5 Å². The Bertz CT molecular complexity index is 438. The van der Waals surface area contributed by atoms with Crippen LogP contribution >= 0.6 is 0 Å². The summed E-state index contributed by atoms with van der Waals surface area (Å²) in [5.41, 5.74) is 5.12. The second-order valence-corrected chi connectivity index (χ2v) is 4.58. The second kappa shape index (κ2) is 6.33. The largest absolute Gasteiger partial charge is 0.396 e. The van der Waals surface area contributed by atoms with Crippen molar-refractivity contribution >= 4 is 17.3 Å². The highest BCUT2D eigenvalue weighted by Gasteiger charge is 2.26. The quantitative estimate of drug-likeness (QED) is 0.513. The van der Waals surface area contributed by atoms with Crippen LogP contribution in [-0.4, -0.2) is 28.2 Å². The Balaban J connectivity index is 2.93. The van der Waals surface area contributed by atoms with Gasteiger partial charge in [0.1, 0.15) is 5.82 Å². The van der Waals surface area contributed by atoms with Crippen molar-refractivity contribution in [3.8, 4) is 0 Å². The van der Waals surface area contributed by atoms with E-state index in [2.05, 4.69) is 10.3 Å². The molecule has 0 spiro atoms. The number of hydrogen-bond donors (Lipinski definition) is 3. The van der Waals surface area contributed by atoms with Crippen molar-refractivity contribution in [2.45, 2.75) is 26.7 Å². The minimum Gasteiger partial charge on any atom is -0.396 e. The van der Waals surface area contributed by atoms with Crippen LogP contribution in [0.25, 0.3) is 0 Å². The van der Waals surface area contributed by atoms with E-state index >= 15 is 0 Å². The Morgan fingerprint density at radius 3 is 2.58 bits per heavy atom. The number of nitrogen functional groups attached to an aromatic ring is 1. The summed E-state index contributed by atoms with van der Waals surface area (Å²) in [7, 11) is 0. The van der Waals surface area contributed by atoms with E-state index in [-0.39, 0.29) is 29.3 Å². The lowest BCUT2D eigenvalue weighted by Gasteiger charge is -2.29. The van der Waals surface area contributed by atoms with E-state index < -0.39 is 4.92 Å². The number of aromatic nitrogens is 1. The van der Waals surface area contributed by atoms with Gasteiger partial charge in [0, 0.05) is 18.0 Å². The minimum absolute atomic E-state index is 0.0170. The number of aliphatic hydroxyl groups excluding tert-OH is 1. The first-order chi connectivity index (χ1) is 8.98. The highest BCUT2D eigenvalue weighted by molar-refractivity contribution is 5.59. The van der Waals surface area contributed by atoms with E-state index in [9.17, 15) is 15.2 Å². The first-order valence-corrected chi connectivity index (χ1v) is 6.23. The van der Waals surface area contributed by atoms with Crippen LogP contribution in [0.15, 0.2) is 12.1 Å². The average molecular weight is 268 g/mol. The van der Waals surface area contributed by atoms with Crippen molar-refractivity contribution < 1.29 is 10.0 Å². The summed E-state index contributed by atoms with van der Waals surface area (Å²) in [6, 6.07) is 2.71. The molecule has 0 aromatic carbocycles. The maximum absolute atomic E-state index is 10.9. The molecule has 1 aromatic heterocycles. The Morgan fingerprint density at radius 2 is 2.11 bits per heavy atom. The Kier molecular flexibility index (Phi) is 5.05. The number of nitrogens with zero attached hydrogens (tertiary/aromatic N) is 2. The summed E-state index contributed by atoms with van der Waals surface area (Å²) in [5, 5.41) is 23.3. The Hall–Kier alpha value is -1.89. The summed E-state index contributed by atoms with van der Waals surface area (Å²) in [6.45, 7) is 4.38. The van der Waals surface area contributed by atoms with Crippen molar-refractivity contribution in [1.29, 1.82) is 0 Å².